The Labute approximate surface area is 170 Å². The first kappa shape index (κ1) is 19.9. The van der Waals surface area contributed by atoms with Crippen molar-refractivity contribution in [2.24, 2.45) is 0 Å². The maximum absolute atomic E-state index is 13.5. The summed E-state index contributed by atoms with van der Waals surface area (Å²) in [6, 6.07) is 10.0. The molecule has 0 radical (unpaired) electrons. The molecule has 1 amide bonds. The number of amides is 1. The van der Waals surface area contributed by atoms with E-state index in [0.29, 0.717) is 31.2 Å². The van der Waals surface area contributed by atoms with Crippen molar-refractivity contribution >= 4 is 15.7 Å². The van der Waals surface area contributed by atoms with E-state index in [1.807, 2.05) is 6.07 Å². The third-order valence-electron chi connectivity index (χ3n) is 6.25. The number of aromatic amines is 1. The summed E-state index contributed by atoms with van der Waals surface area (Å²) < 4.78 is 25.4. The van der Waals surface area contributed by atoms with Crippen LogP contribution in [0.2, 0.25) is 0 Å². The van der Waals surface area contributed by atoms with Gasteiger partial charge in [-0.25, -0.2) is 8.42 Å². The fourth-order valence-corrected chi connectivity index (χ4v) is 6.71. The maximum atomic E-state index is 13.5. The zero-order valence-corrected chi connectivity index (χ0v) is 17.2. The smallest absolute Gasteiger partial charge is 0.253 e. The maximum Gasteiger partial charge on any atom is 0.253 e. The zero-order valence-electron chi connectivity index (χ0n) is 16.4. The van der Waals surface area contributed by atoms with E-state index in [9.17, 15) is 18.0 Å². The molecule has 1 aromatic heterocycles. The Morgan fingerprint density at radius 3 is 2.48 bits per heavy atom. The molecule has 7 heteroatoms. The largest absolute Gasteiger partial charge is 0.350 e. The van der Waals surface area contributed by atoms with Crippen molar-refractivity contribution in [1.82, 2.24) is 10.3 Å². The van der Waals surface area contributed by atoms with Crippen molar-refractivity contribution in [1.29, 1.82) is 0 Å². The van der Waals surface area contributed by atoms with E-state index in [0.717, 1.165) is 36.9 Å². The summed E-state index contributed by atoms with van der Waals surface area (Å²) in [4.78, 5) is 28.7. The lowest BCUT2D eigenvalue weighted by atomic mass is 9.87. The van der Waals surface area contributed by atoms with E-state index in [1.54, 1.807) is 30.3 Å². The van der Waals surface area contributed by atoms with Crippen molar-refractivity contribution in [2.75, 3.05) is 0 Å². The Morgan fingerprint density at radius 1 is 1.03 bits per heavy atom. The highest BCUT2D eigenvalue weighted by Crippen LogP contribution is 2.39. The molecule has 2 aliphatic rings. The lowest BCUT2D eigenvalue weighted by molar-refractivity contribution is -0.124. The van der Waals surface area contributed by atoms with Crippen LogP contribution < -0.4 is 10.9 Å². The van der Waals surface area contributed by atoms with Crippen LogP contribution in [0, 0.1) is 0 Å². The highest BCUT2D eigenvalue weighted by Gasteiger charge is 2.51. The van der Waals surface area contributed by atoms with Gasteiger partial charge in [-0.1, -0.05) is 37.5 Å². The van der Waals surface area contributed by atoms with E-state index >= 15 is 0 Å². The predicted octanol–water partition coefficient (Wildman–Crippen LogP) is 2.66. The minimum Gasteiger partial charge on any atom is -0.350 e. The summed E-state index contributed by atoms with van der Waals surface area (Å²) in [5.74, 6) is -0.499. The van der Waals surface area contributed by atoms with E-state index in [-0.39, 0.29) is 17.0 Å². The summed E-state index contributed by atoms with van der Waals surface area (Å²) in [6.07, 6.45) is 5.71. The van der Waals surface area contributed by atoms with Gasteiger partial charge in [0.25, 0.3) is 5.56 Å². The Hall–Kier alpha value is -2.41. The second-order valence-corrected chi connectivity index (χ2v) is 10.3. The van der Waals surface area contributed by atoms with Crippen molar-refractivity contribution in [3.63, 3.8) is 0 Å². The molecule has 0 spiro atoms. The van der Waals surface area contributed by atoms with Gasteiger partial charge in [-0.2, -0.15) is 0 Å². The van der Waals surface area contributed by atoms with Crippen LogP contribution in [0.1, 0.15) is 55.3 Å². The number of nitrogens with one attached hydrogen (secondary N) is 2. The topological polar surface area (TPSA) is 96.1 Å². The molecule has 0 saturated heterocycles. The molecule has 154 valence electrons. The normalized spacial score (nSPS) is 18.2. The van der Waals surface area contributed by atoms with Gasteiger partial charge in [-0.05, 0) is 55.9 Å². The van der Waals surface area contributed by atoms with Crippen LogP contribution in [-0.4, -0.2) is 24.1 Å². The van der Waals surface area contributed by atoms with E-state index in [2.05, 4.69) is 10.3 Å². The first-order chi connectivity index (χ1) is 13.9. The van der Waals surface area contributed by atoms with Gasteiger partial charge in [0.1, 0.15) is 0 Å². The number of fused-ring (bicyclic) bond motifs is 1. The molecule has 2 aromatic rings. The summed E-state index contributed by atoms with van der Waals surface area (Å²) in [5.41, 5.74) is 2.34. The second kappa shape index (κ2) is 7.78. The van der Waals surface area contributed by atoms with Crippen LogP contribution in [0.5, 0.6) is 0 Å². The molecule has 29 heavy (non-hydrogen) atoms. The summed E-state index contributed by atoms with van der Waals surface area (Å²) in [5, 5.41) is 2.78. The number of H-pyrrole nitrogens is 1. The number of aryl methyl sites for hydroxylation is 2. The molecule has 0 atom stereocenters. The zero-order chi connectivity index (χ0) is 20.5. The average molecular weight is 415 g/mol. The highest BCUT2D eigenvalue weighted by molar-refractivity contribution is 7.93. The Bertz CT molecular complexity index is 1070. The molecule has 0 unspecified atom stereocenters. The quantitative estimate of drug-likeness (QED) is 0.786. The van der Waals surface area contributed by atoms with Gasteiger partial charge in [0, 0.05) is 17.8 Å². The molecule has 0 aliphatic heterocycles. The lowest BCUT2D eigenvalue weighted by Gasteiger charge is -2.35. The summed E-state index contributed by atoms with van der Waals surface area (Å²) >= 11 is 0. The number of aromatic nitrogens is 1. The first-order valence-electron chi connectivity index (χ1n) is 10.3. The second-order valence-electron chi connectivity index (χ2n) is 8.04. The number of pyridine rings is 1. The molecule has 0 bridgehead atoms. The van der Waals surface area contributed by atoms with Crippen molar-refractivity contribution < 1.29 is 13.2 Å². The average Bonchev–Trinajstić information content (AvgIpc) is 3.19. The summed E-state index contributed by atoms with van der Waals surface area (Å²) in [7, 11) is -3.84. The summed E-state index contributed by atoms with van der Waals surface area (Å²) in [6.45, 7) is 0.0352. The molecular weight excluding hydrogens is 388 g/mol. The number of hydrogen-bond donors (Lipinski definition) is 2. The van der Waals surface area contributed by atoms with Crippen LogP contribution in [0.15, 0.2) is 46.1 Å². The Balaban J connectivity index is 1.61. The van der Waals surface area contributed by atoms with Gasteiger partial charge >= 0.3 is 0 Å². The lowest BCUT2D eigenvalue weighted by Crippen LogP contribution is -2.53. The molecule has 1 aromatic carbocycles. The number of rotatable bonds is 5. The van der Waals surface area contributed by atoms with Gasteiger partial charge < -0.3 is 10.3 Å². The van der Waals surface area contributed by atoms with Gasteiger partial charge in [0.05, 0.1) is 4.90 Å². The molecular formula is C22H26N2O4S. The molecule has 1 fully saturated rings. The van der Waals surface area contributed by atoms with Crippen LogP contribution in [-0.2, 0) is 34.0 Å². The van der Waals surface area contributed by atoms with Crippen LogP contribution in [0.3, 0.4) is 0 Å². The van der Waals surface area contributed by atoms with Crippen molar-refractivity contribution in [3.8, 4) is 0 Å². The number of carbonyl (C=O) groups excluding carboxylic acids is 1. The number of sulfone groups is 1. The number of benzene rings is 1. The minimum absolute atomic E-state index is 0.0352. The molecule has 6 nitrogen and oxygen atoms in total. The van der Waals surface area contributed by atoms with Crippen molar-refractivity contribution in [2.45, 2.75) is 67.6 Å². The predicted molar refractivity (Wildman–Crippen MR) is 110 cm³/mol. The van der Waals surface area contributed by atoms with E-state index < -0.39 is 20.5 Å². The molecule has 2 aliphatic carbocycles. The third-order valence-corrected chi connectivity index (χ3v) is 8.76. The molecule has 4 rings (SSSR count). The standard InChI is InChI=1S/C22H26N2O4S/c25-20-17(14-16-8-7-11-19(16)24-20)15-23-21(26)22(12-5-2-6-13-22)29(27,28)18-9-3-1-4-10-18/h1,3-4,9-10,14H,2,5-8,11-13,15H2,(H,23,26)(H,24,25). The van der Waals surface area contributed by atoms with Gasteiger partial charge in [0.15, 0.2) is 14.6 Å². The third kappa shape index (κ3) is 3.52. The van der Waals surface area contributed by atoms with Crippen LogP contribution in [0.4, 0.5) is 0 Å². The number of hydrogen-bond acceptors (Lipinski definition) is 4. The molecule has 2 N–H and O–H groups in total. The number of carbonyl (C=O) groups is 1. The monoisotopic (exact) mass is 414 g/mol. The van der Waals surface area contributed by atoms with Gasteiger partial charge in [-0.15, -0.1) is 0 Å². The van der Waals surface area contributed by atoms with Gasteiger partial charge in [0.2, 0.25) is 5.91 Å². The molecule has 1 heterocycles. The van der Waals surface area contributed by atoms with E-state index in [4.69, 9.17) is 0 Å². The van der Waals surface area contributed by atoms with Crippen molar-refractivity contribution in [3.05, 3.63) is 63.6 Å². The fraction of sp³-hybridized carbons (Fsp3) is 0.455. The van der Waals surface area contributed by atoms with E-state index in [1.165, 1.54) is 0 Å². The van der Waals surface area contributed by atoms with Crippen LogP contribution >= 0.6 is 0 Å². The highest BCUT2D eigenvalue weighted by atomic mass is 32.2. The minimum atomic E-state index is -3.84. The first-order valence-corrected chi connectivity index (χ1v) is 11.7. The van der Waals surface area contributed by atoms with Crippen LogP contribution in [0.25, 0.3) is 0 Å². The SMILES string of the molecule is O=C(NCc1cc2c([nH]c1=O)CCC2)C1(S(=O)(=O)c2ccccc2)CCCCC1. The molecule has 1 saturated carbocycles. The van der Waals surface area contributed by atoms with Gasteiger partial charge in [-0.3, -0.25) is 9.59 Å². The Kier molecular flexibility index (Phi) is 5.34. The fourth-order valence-electron chi connectivity index (χ4n) is 4.60. The Morgan fingerprint density at radius 2 is 1.76 bits per heavy atom.